The number of nitro groups is 1. The molecular weight excluding hydrogens is 362 g/mol. The second-order valence-corrected chi connectivity index (χ2v) is 6.73. The molecule has 0 saturated carbocycles. The number of carbonyl (C=O) groups is 2. The molecule has 28 heavy (non-hydrogen) atoms. The van der Waals surface area contributed by atoms with Crippen LogP contribution in [0.15, 0.2) is 54.3 Å². The van der Waals surface area contributed by atoms with Gasteiger partial charge in [-0.1, -0.05) is 13.2 Å². The summed E-state index contributed by atoms with van der Waals surface area (Å²) in [4.78, 5) is 33.5. The summed E-state index contributed by atoms with van der Waals surface area (Å²) in [6, 6.07) is 5.25. The first-order valence-electron chi connectivity index (χ1n) is 8.93. The number of ether oxygens (including phenoxy) is 2. The standard InChI is InChI=1S/C21H23NO6/c1-4-14(2)11-18(9-10-20-15(3)12-19(13-23)27-20)28-21(24)16-5-7-17(8-6-16)22(25)26/h5-8,13,18-20H,1,3,9-12H2,2H3/t18?,19-,20+/m1/s1. The normalized spacial score (nSPS) is 19.5. The molecule has 1 fully saturated rings. The minimum absolute atomic E-state index is 0.0971. The van der Waals surface area contributed by atoms with Crippen molar-refractivity contribution in [2.75, 3.05) is 0 Å². The summed E-state index contributed by atoms with van der Waals surface area (Å²) in [5.41, 5.74) is 4.62. The molecule has 0 N–H and O–H groups in total. The fraction of sp³-hybridized carbons (Fsp3) is 0.381. The average Bonchev–Trinajstić information content (AvgIpc) is 3.05. The highest BCUT2D eigenvalue weighted by Gasteiger charge is 2.29. The predicted octanol–water partition coefficient (Wildman–Crippen LogP) is 3.93. The highest BCUT2D eigenvalue weighted by Crippen LogP contribution is 2.28. The Morgan fingerprint density at radius 3 is 2.68 bits per heavy atom. The maximum Gasteiger partial charge on any atom is 0.338 e. The van der Waals surface area contributed by atoms with E-state index in [1.54, 1.807) is 0 Å². The van der Waals surface area contributed by atoms with Crippen LogP contribution < -0.4 is 0 Å². The van der Waals surface area contributed by atoms with E-state index < -0.39 is 23.1 Å². The van der Waals surface area contributed by atoms with E-state index in [4.69, 9.17) is 9.47 Å². The van der Waals surface area contributed by atoms with Crippen molar-refractivity contribution in [2.45, 2.75) is 50.9 Å². The maximum atomic E-state index is 12.4. The number of nitro benzene ring substituents is 1. The lowest BCUT2D eigenvalue weighted by molar-refractivity contribution is -0.384. The molecule has 1 aromatic carbocycles. The molecule has 2 rings (SSSR count). The van der Waals surface area contributed by atoms with Crippen LogP contribution in [0.5, 0.6) is 0 Å². The van der Waals surface area contributed by atoms with Crippen molar-refractivity contribution in [1.82, 2.24) is 0 Å². The number of hydrogen-bond acceptors (Lipinski definition) is 6. The van der Waals surface area contributed by atoms with Crippen LogP contribution in [0.4, 0.5) is 5.69 Å². The molecule has 0 aliphatic carbocycles. The van der Waals surface area contributed by atoms with Gasteiger partial charge in [-0.25, -0.2) is 4.79 Å². The van der Waals surface area contributed by atoms with Gasteiger partial charge in [-0.3, -0.25) is 10.1 Å². The lowest BCUT2D eigenvalue weighted by atomic mass is 10.00. The fourth-order valence-electron chi connectivity index (χ4n) is 2.99. The van der Waals surface area contributed by atoms with E-state index in [0.29, 0.717) is 25.7 Å². The van der Waals surface area contributed by atoms with Crippen molar-refractivity contribution in [3.63, 3.8) is 0 Å². The monoisotopic (exact) mass is 385 g/mol. The van der Waals surface area contributed by atoms with Gasteiger partial charge in [0.25, 0.3) is 5.69 Å². The number of hydrogen-bond donors (Lipinski definition) is 0. The fourth-order valence-corrected chi connectivity index (χ4v) is 2.99. The first kappa shape index (κ1) is 21.3. The van der Waals surface area contributed by atoms with Crippen molar-refractivity contribution < 1.29 is 24.0 Å². The molecule has 1 saturated heterocycles. The van der Waals surface area contributed by atoms with E-state index in [9.17, 15) is 19.7 Å². The third-order valence-electron chi connectivity index (χ3n) is 4.58. The van der Waals surface area contributed by atoms with Crippen molar-refractivity contribution in [3.8, 4) is 0 Å². The van der Waals surface area contributed by atoms with Gasteiger partial charge in [-0.2, -0.15) is 0 Å². The Morgan fingerprint density at radius 2 is 2.14 bits per heavy atom. The number of carbonyl (C=O) groups excluding carboxylic acids is 2. The highest BCUT2D eigenvalue weighted by atomic mass is 16.6. The number of benzene rings is 1. The zero-order chi connectivity index (χ0) is 20.7. The van der Waals surface area contributed by atoms with Gasteiger partial charge in [0.15, 0.2) is 0 Å². The molecule has 0 radical (unpaired) electrons. The third kappa shape index (κ3) is 5.74. The minimum Gasteiger partial charge on any atom is -0.458 e. The van der Waals surface area contributed by atoms with Gasteiger partial charge < -0.3 is 14.3 Å². The molecule has 1 aliphatic heterocycles. The first-order chi connectivity index (χ1) is 13.3. The highest BCUT2D eigenvalue weighted by molar-refractivity contribution is 5.89. The molecule has 148 valence electrons. The van der Waals surface area contributed by atoms with Gasteiger partial charge in [-0.05, 0) is 43.0 Å². The summed E-state index contributed by atoms with van der Waals surface area (Å²) >= 11 is 0. The Labute approximate surface area is 163 Å². The molecule has 7 heteroatoms. The van der Waals surface area contributed by atoms with Crippen LogP contribution in [-0.2, 0) is 14.3 Å². The molecule has 1 aliphatic rings. The van der Waals surface area contributed by atoms with Gasteiger partial charge in [-0.15, -0.1) is 5.73 Å². The molecule has 0 spiro atoms. The molecular formula is C21H23NO6. The van der Waals surface area contributed by atoms with Crippen LogP contribution in [0.1, 0.15) is 43.0 Å². The molecule has 1 heterocycles. The van der Waals surface area contributed by atoms with Gasteiger partial charge in [0.05, 0.1) is 16.6 Å². The second kappa shape index (κ2) is 9.78. The molecule has 0 bridgehead atoms. The first-order valence-corrected chi connectivity index (χ1v) is 8.93. The van der Waals surface area contributed by atoms with E-state index in [2.05, 4.69) is 18.9 Å². The van der Waals surface area contributed by atoms with Gasteiger partial charge in [0.2, 0.25) is 0 Å². The summed E-state index contributed by atoms with van der Waals surface area (Å²) in [6.45, 7) is 9.39. The number of rotatable bonds is 9. The Balaban J connectivity index is 2.02. The quantitative estimate of drug-likeness (QED) is 0.160. The summed E-state index contributed by atoms with van der Waals surface area (Å²) < 4.78 is 11.2. The molecule has 0 amide bonds. The van der Waals surface area contributed by atoms with Crippen LogP contribution in [0, 0.1) is 10.1 Å². The SMILES string of the molecule is C=C=C(C)CC(CC[C@@H]1O[C@@H](C=O)CC1=C)OC(=O)c1ccc([N+](=O)[O-])cc1. The number of esters is 1. The van der Waals surface area contributed by atoms with Gasteiger partial charge >= 0.3 is 5.97 Å². The third-order valence-corrected chi connectivity index (χ3v) is 4.58. The van der Waals surface area contributed by atoms with Crippen LogP contribution >= 0.6 is 0 Å². The minimum atomic E-state index is -0.561. The summed E-state index contributed by atoms with van der Waals surface area (Å²) in [5, 5.41) is 10.7. The lowest BCUT2D eigenvalue weighted by Crippen LogP contribution is -2.22. The van der Waals surface area contributed by atoms with Gasteiger partial charge in [0.1, 0.15) is 18.5 Å². The van der Waals surface area contributed by atoms with E-state index in [-0.39, 0.29) is 17.4 Å². The average molecular weight is 385 g/mol. The van der Waals surface area contributed by atoms with Crippen LogP contribution in [0.25, 0.3) is 0 Å². The topological polar surface area (TPSA) is 95.7 Å². The van der Waals surface area contributed by atoms with E-state index in [1.807, 2.05) is 6.92 Å². The Kier molecular flexibility index (Phi) is 7.44. The maximum absolute atomic E-state index is 12.4. The lowest BCUT2D eigenvalue weighted by Gasteiger charge is -2.20. The van der Waals surface area contributed by atoms with Crippen molar-refractivity contribution >= 4 is 17.9 Å². The van der Waals surface area contributed by atoms with Crippen LogP contribution in [0.2, 0.25) is 0 Å². The van der Waals surface area contributed by atoms with E-state index in [0.717, 1.165) is 17.4 Å². The Morgan fingerprint density at radius 1 is 1.46 bits per heavy atom. The van der Waals surface area contributed by atoms with Gasteiger partial charge in [0, 0.05) is 25.0 Å². The largest absolute Gasteiger partial charge is 0.458 e. The van der Waals surface area contributed by atoms with Crippen molar-refractivity contribution in [1.29, 1.82) is 0 Å². The summed E-state index contributed by atoms with van der Waals surface area (Å²) in [5.74, 6) is -0.561. The van der Waals surface area contributed by atoms with Crippen LogP contribution in [-0.4, -0.2) is 35.5 Å². The second-order valence-electron chi connectivity index (χ2n) is 6.73. The molecule has 1 unspecified atom stereocenters. The Bertz CT molecular complexity index is 807. The van der Waals surface area contributed by atoms with E-state index >= 15 is 0 Å². The Hall–Kier alpha value is -3.02. The molecule has 0 aromatic heterocycles. The van der Waals surface area contributed by atoms with Crippen molar-refractivity contribution in [3.05, 3.63) is 70.0 Å². The van der Waals surface area contributed by atoms with Crippen LogP contribution in [0.3, 0.4) is 0 Å². The predicted molar refractivity (Wildman–Crippen MR) is 103 cm³/mol. The molecule has 3 atom stereocenters. The summed E-state index contributed by atoms with van der Waals surface area (Å²) in [7, 11) is 0. The van der Waals surface area contributed by atoms with Crippen molar-refractivity contribution in [2.24, 2.45) is 0 Å². The molecule has 7 nitrogen and oxygen atoms in total. The number of aldehydes is 1. The smallest absolute Gasteiger partial charge is 0.338 e. The molecule has 1 aromatic rings. The zero-order valence-corrected chi connectivity index (χ0v) is 15.8. The van der Waals surface area contributed by atoms with E-state index in [1.165, 1.54) is 24.3 Å². The number of nitrogens with zero attached hydrogens (tertiary/aromatic N) is 1. The number of non-ortho nitro benzene ring substituents is 1. The zero-order valence-electron chi connectivity index (χ0n) is 15.8. The summed E-state index contributed by atoms with van der Waals surface area (Å²) in [6.07, 6.45) is 1.65.